The molecule has 0 aliphatic carbocycles. The lowest BCUT2D eigenvalue weighted by Crippen LogP contribution is -2.19. The van der Waals surface area contributed by atoms with Gasteiger partial charge in [-0.05, 0) is 42.7 Å². The van der Waals surface area contributed by atoms with Crippen LogP contribution in [0, 0.1) is 0 Å². The molecule has 3 N–H and O–H groups in total. The molecule has 0 atom stereocenters. The van der Waals surface area contributed by atoms with Crippen molar-refractivity contribution in [2.24, 2.45) is 10.9 Å². The van der Waals surface area contributed by atoms with Gasteiger partial charge >= 0.3 is 0 Å². The van der Waals surface area contributed by atoms with Crippen molar-refractivity contribution in [2.75, 3.05) is 18.5 Å². The van der Waals surface area contributed by atoms with Crippen LogP contribution in [0.2, 0.25) is 0 Å². The van der Waals surface area contributed by atoms with Gasteiger partial charge in [0.15, 0.2) is 5.84 Å². The fraction of sp³-hybridized carbons (Fsp3) is 0.235. The summed E-state index contributed by atoms with van der Waals surface area (Å²) in [4.78, 5) is 2.21. The summed E-state index contributed by atoms with van der Waals surface area (Å²) in [5, 5.41) is 11.6. The second-order valence-electron chi connectivity index (χ2n) is 5.04. The number of amidine groups is 1. The van der Waals surface area contributed by atoms with Gasteiger partial charge in [0, 0.05) is 24.8 Å². The molecule has 4 nitrogen and oxygen atoms in total. The Bertz CT molecular complexity index is 579. The zero-order valence-corrected chi connectivity index (χ0v) is 12.2. The zero-order chi connectivity index (χ0) is 15.1. The van der Waals surface area contributed by atoms with Gasteiger partial charge in [-0.3, -0.25) is 0 Å². The first kappa shape index (κ1) is 14.9. The van der Waals surface area contributed by atoms with Gasteiger partial charge in [-0.15, -0.1) is 0 Å². The zero-order valence-electron chi connectivity index (χ0n) is 12.2. The number of aryl methyl sites for hydroxylation is 1. The van der Waals surface area contributed by atoms with Crippen molar-refractivity contribution >= 4 is 11.5 Å². The third-order valence-electron chi connectivity index (χ3n) is 3.51. The van der Waals surface area contributed by atoms with E-state index in [4.69, 9.17) is 10.9 Å². The van der Waals surface area contributed by atoms with Gasteiger partial charge in [-0.1, -0.05) is 35.5 Å². The van der Waals surface area contributed by atoms with Gasteiger partial charge in [0.1, 0.15) is 0 Å². The monoisotopic (exact) mass is 283 g/mol. The number of anilines is 1. The largest absolute Gasteiger partial charge is 0.409 e. The van der Waals surface area contributed by atoms with E-state index >= 15 is 0 Å². The van der Waals surface area contributed by atoms with Crippen LogP contribution >= 0.6 is 0 Å². The first-order valence-corrected chi connectivity index (χ1v) is 7.03. The normalized spacial score (nSPS) is 11.4. The molecule has 0 amide bonds. The summed E-state index contributed by atoms with van der Waals surface area (Å²) < 4.78 is 0. The van der Waals surface area contributed by atoms with Crippen molar-refractivity contribution < 1.29 is 5.21 Å². The summed E-state index contributed by atoms with van der Waals surface area (Å²) in [6.45, 7) is 0.984. The number of nitrogens with two attached hydrogens (primary N) is 1. The number of hydrogen-bond donors (Lipinski definition) is 2. The van der Waals surface area contributed by atoms with Gasteiger partial charge < -0.3 is 15.8 Å². The highest BCUT2D eigenvalue weighted by Gasteiger charge is 2.03. The lowest BCUT2D eigenvalue weighted by Gasteiger charge is -2.19. The molecule has 0 aliphatic rings. The number of oxime groups is 1. The van der Waals surface area contributed by atoms with Crippen molar-refractivity contribution in [1.82, 2.24) is 0 Å². The molecule has 0 heterocycles. The molecular formula is C17H21N3O. The van der Waals surface area contributed by atoms with E-state index in [0.717, 1.165) is 30.6 Å². The first-order chi connectivity index (χ1) is 10.2. The Kier molecular flexibility index (Phi) is 5.21. The number of hydrogen-bond acceptors (Lipinski definition) is 3. The summed E-state index contributed by atoms with van der Waals surface area (Å²) in [7, 11) is 2.07. The van der Waals surface area contributed by atoms with Crippen LogP contribution < -0.4 is 10.6 Å². The first-order valence-electron chi connectivity index (χ1n) is 7.03. The minimum absolute atomic E-state index is 0.133. The quantitative estimate of drug-likeness (QED) is 0.371. The van der Waals surface area contributed by atoms with Crippen LogP contribution in [-0.2, 0) is 6.42 Å². The Labute approximate surface area is 125 Å². The fourth-order valence-electron chi connectivity index (χ4n) is 2.24. The predicted octanol–water partition coefficient (Wildman–Crippen LogP) is 2.85. The van der Waals surface area contributed by atoms with Crippen molar-refractivity contribution in [1.29, 1.82) is 0 Å². The Morgan fingerprint density at radius 1 is 1.10 bits per heavy atom. The highest BCUT2D eigenvalue weighted by Crippen LogP contribution is 2.14. The summed E-state index contributed by atoms with van der Waals surface area (Å²) in [6.07, 6.45) is 2.18. The molecule has 0 spiro atoms. The Morgan fingerprint density at radius 3 is 2.38 bits per heavy atom. The molecule has 21 heavy (non-hydrogen) atoms. The van der Waals surface area contributed by atoms with Gasteiger partial charge in [0.05, 0.1) is 0 Å². The summed E-state index contributed by atoms with van der Waals surface area (Å²) >= 11 is 0. The standard InChI is InChI=1S/C17H21N3O/c1-20(13-5-8-14-6-3-2-4-7-14)16-11-9-15(10-12-16)17(18)19-21/h2-4,6-7,9-12,21H,5,8,13H2,1H3,(H2,18,19). The molecule has 2 aromatic carbocycles. The maximum atomic E-state index is 8.64. The maximum Gasteiger partial charge on any atom is 0.170 e. The van der Waals surface area contributed by atoms with E-state index in [2.05, 4.69) is 41.4 Å². The van der Waals surface area contributed by atoms with Gasteiger partial charge in [-0.25, -0.2) is 0 Å². The maximum absolute atomic E-state index is 8.64. The minimum Gasteiger partial charge on any atom is -0.409 e. The Morgan fingerprint density at radius 2 is 1.76 bits per heavy atom. The van der Waals surface area contributed by atoms with Gasteiger partial charge in [0.2, 0.25) is 0 Å². The molecule has 110 valence electrons. The summed E-state index contributed by atoms with van der Waals surface area (Å²) in [5.41, 5.74) is 8.76. The average Bonchev–Trinajstić information content (AvgIpc) is 2.55. The Hall–Kier alpha value is -2.49. The number of nitrogens with zero attached hydrogens (tertiary/aromatic N) is 2. The Balaban J connectivity index is 1.87. The summed E-state index contributed by atoms with van der Waals surface area (Å²) in [6, 6.07) is 18.2. The van der Waals surface area contributed by atoms with Crippen molar-refractivity contribution in [2.45, 2.75) is 12.8 Å². The molecule has 0 bridgehead atoms. The van der Waals surface area contributed by atoms with Crippen molar-refractivity contribution in [3.63, 3.8) is 0 Å². The number of rotatable bonds is 6. The van der Waals surface area contributed by atoms with Crippen LogP contribution in [0.5, 0.6) is 0 Å². The smallest absolute Gasteiger partial charge is 0.170 e. The van der Waals surface area contributed by atoms with E-state index in [1.54, 1.807) is 0 Å². The molecule has 0 saturated carbocycles. The van der Waals surface area contributed by atoms with E-state index in [0.29, 0.717) is 0 Å². The van der Waals surface area contributed by atoms with Crippen LogP contribution in [0.1, 0.15) is 17.5 Å². The molecule has 2 aromatic rings. The van der Waals surface area contributed by atoms with Crippen molar-refractivity contribution in [3.8, 4) is 0 Å². The molecule has 0 aliphatic heterocycles. The van der Waals surface area contributed by atoms with Gasteiger partial charge in [0.25, 0.3) is 0 Å². The lowest BCUT2D eigenvalue weighted by molar-refractivity contribution is 0.318. The molecule has 0 radical (unpaired) electrons. The molecule has 4 heteroatoms. The molecule has 0 saturated heterocycles. The van der Waals surface area contributed by atoms with E-state index in [-0.39, 0.29) is 5.84 Å². The topological polar surface area (TPSA) is 61.8 Å². The van der Waals surface area contributed by atoms with Gasteiger partial charge in [-0.2, -0.15) is 0 Å². The molecular weight excluding hydrogens is 262 g/mol. The predicted molar refractivity (Wildman–Crippen MR) is 87.0 cm³/mol. The van der Waals surface area contributed by atoms with E-state index in [9.17, 15) is 0 Å². The highest BCUT2D eigenvalue weighted by molar-refractivity contribution is 5.97. The fourth-order valence-corrected chi connectivity index (χ4v) is 2.24. The molecule has 0 unspecified atom stereocenters. The van der Waals surface area contributed by atoms with E-state index in [1.165, 1.54) is 5.56 Å². The average molecular weight is 283 g/mol. The minimum atomic E-state index is 0.133. The van der Waals surface area contributed by atoms with Crippen LogP contribution in [0.25, 0.3) is 0 Å². The van der Waals surface area contributed by atoms with Crippen LogP contribution in [0.4, 0.5) is 5.69 Å². The molecule has 0 aromatic heterocycles. The molecule has 0 fully saturated rings. The third kappa shape index (κ3) is 4.24. The van der Waals surface area contributed by atoms with Crippen LogP contribution in [-0.4, -0.2) is 24.6 Å². The van der Waals surface area contributed by atoms with E-state index < -0.39 is 0 Å². The van der Waals surface area contributed by atoms with E-state index in [1.807, 2.05) is 30.3 Å². The second-order valence-corrected chi connectivity index (χ2v) is 5.04. The molecule has 2 rings (SSSR count). The van der Waals surface area contributed by atoms with Crippen molar-refractivity contribution in [3.05, 3.63) is 65.7 Å². The number of benzene rings is 2. The SMILES string of the molecule is CN(CCCc1ccccc1)c1ccc(C(N)=NO)cc1. The highest BCUT2D eigenvalue weighted by atomic mass is 16.4. The third-order valence-corrected chi connectivity index (χ3v) is 3.51. The summed E-state index contributed by atoms with van der Waals surface area (Å²) in [5.74, 6) is 0.133. The van der Waals surface area contributed by atoms with Crippen LogP contribution in [0.15, 0.2) is 59.8 Å². The lowest BCUT2D eigenvalue weighted by atomic mass is 10.1. The van der Waals surface area contributed by atoms with Crippen LogP contribution in [0.3, 0.4) is 0 Å². The second kappa shape index (κ2) is 7.33.